The monoisotopic (exact) mass is 445 g/mol. The molecule has 2 aliphatic rings. The van der Waals surface area contributed by atoms with Gasteiger partial charge < -0.3 is 19.3 Å². The molecule has 1 fully saturated rings. The number of methoxy groups -OCH3 is 2. The van der Waals surface area contributed by atoms with Crippen LogP contribution in [0.4, 0.5) is 11.5 Å². The number of piperidine rings is 1. The fourth-order valence-electron chi connectivity index (χ4n) is 4.39. The summed E-state index contributed by atoms with van der Waals surface area (Å²) in [6.07, 6.45) is 5.85. The number of aromatic nitrogens is 3. The number of pyridine rings is 3. The predicted octanol–water partition coefficient (Wildman–Crippen LogP) is 3.95. The van der Waals surface area contributed by atoms with Crippen molar-refractivity contribution in [1.29, 1.82) is 0 Å². The molecule has 0 N–H and O–H groups in total. The van der Waals surface area contributed by atoms with Crippen LogP contribution in [0.15, 0.2) is 42.7 Å². The average Bonchev–Trinajstić information content (AvgIpc) is 3.19. The number of hydrogen-bond acceptors (Lipinski definition) is 7. The van der Waals surface area contributed by atoms with Crippen LogP contribution in [0.5, 0.6) is 11.6 Å². The Morgan fingerprint density at radius 1 is 1.00 bits per heavy atom. The summed E-state index contributed by atoms with van der Waals surface area (Å²) in [5, 5.41) is 0. The van der Waals surface area contributed by atoms with Gasteiger partial charge in [-0.15, -0.1) is 0 Å². The summed E-state index contributed by atoms with van der Waals surface area (Å²) in [5.74, 6) is 2.63. The van der Waals surface area contributed by atoms with Crippen molar-refractivity contribution in [3.63, 3.8) is 0 Å². The number of hydrogen-bond donors (Lipinski definition) is 0. The van der Waals surface area contributed by atoms with Gasteiger partial charge in [-0.2, -0.15) is 0 Å². The van der Waals surface area contributed by atoms with Crippen LogP contribution in [0, 0.1) is 5.92 Å². The van der Waals surface area contributed by atoms with Crippen LogP contribution >= 0.6 is 0 Å². The third kappa shape index (κ3) is 3.97. The van der Waals surface area contributed by atoms with Gasteiger partial charge >= 0.3 is 0 Å². The second-order valence-corrected chi connectivity index (χ2v) is 8.56. The quantitative estimate of drug-likeness (QED) is 0.588. The van der Waals surface area contributed by atoms with E-state index in [2.05, 4.69) is 21.8 Å². The lowest BCUT2D eigenvalue weighted by atomic mass is 9.99. The molecule has 5 rings (SSSR count). The molecule has 2 aliphatic heterocycles. The van der Waals surface area contributed by atoms with Crippen LogP contribution in [0.25, 0.3) is 11.3 Å². The minimum Gasteiger partial charge on any atom is -0.491 e. The van der Waals surface area contributed by atoms with Crippen LogP contribution in [-0.2, 0) is 6.54 Å². The van der Waals surface area contributed by atoms with Crippen molar-refractivity contribution in [3.05, 3.63) is 54.0 Å². The largest absolute Gasteiger partial charge is 0.491 e. The molecule has 3 aromatic heterocycles. The Bertz CT molecular complexity index is 1170. The Kier molecular flexibility index (Phi) is 5.58. The van der Waals surface area contributed by atoms with Gasteiger partial charge in [0.1, 0.15) is 5.82 Å². The van der Waals surface area contributed by atoms with Gasteiger partial charge in [-0.05, 0) is 49.1 Å². The van der Waals surface area contributed by atoms with E-state index in [1.165, 1.54) is 12.8 Å². The van der Waals surface area contributed by atoms with Gasteiger partial charge in [-0.1, -0.05) is 6.92 Å². The van der Waals surface area contributed by atoms with Crippen molar-refractivity contribution in [1.82, 2.24) is 15.0 Å². The maximum Gasteiger partial charge on any atom is 0.260 e. The first-order chi connectivity index (χ1) is 16.1. The van der Waals surface area contributed by atoms with Gasteiger partial charge in [0.25, 0.3) is 11.8 Å². The van der Waals surface area contributed by atoms with Crippen LogP contribution < -0.4 is 19.3 Å². The highest BCUT2D eigenvalue weighted by molar-refractivity contribution is 6.09. The van der Waals surface area contributed by atoms with E-state index in [0.29, 0.717) is 23.7 Å². The molecule has 0 radical (unpaired) electrons. The van der Waals surface area contributed by atoms with E-state index in [4.69, 9.17) is 14.5 Å². The van der Waals surface area contributed by atoms with Crippen LogP contribution in [0.3, 0.4) is 0 Å². The van der Waals surface area contributed by atoms with Gasteiger partial charge in [0.15, 0.2) is 5.75 Å². The zero-order valence-electron chi connectivity index (χ0n) is 19.1. The van der Waals surface area contributed by atoms with Gasteiger partial charge in [-0.25, -0.2) is 9.97 Å². The summed E-state index contributed by atoms with van der Waals surface area (Å²) >= 11 is 0. The summed E-state index contributed by atoms with van der Waals surface area (Å²) < 4.78 is 10.6. The molecule has 5 heterocycles. The van der Waals surface area contributed by atoms with Crippen LogP contribution in [-0.4, -0.2) is 48.2 Å². The SMILES string of the molecule is COc1cc(-c2ccc3c(n2)CN(c2ccc(N4CCC(C)CC4)nc2)C3=O)cnc1OC. The zero-order chi connectivity index (χ0) is 22.9. The van der Waals surface area contributed by atoms with E-state index >= 15 is 0 Å². The van der Waals surface area contributed by atoms with Crippen LogP contribution in [0.1, 0.15) is 35.8 Å². The number of amides is 1. The number of ether oxygens (including phenoxy) is 2. The molecule has 1 saturated heterocycles. The minimum absolute atomic E-state index is 0.0594. The lowest BCUT2D eigenvalue weighted by molar-refractivity contribution is 0.0996. The molecule has 8 heteroatoms. The molecule has 0 aliphatic carbocycles. The Labute approximate surface area is 193 Å². The second-order valence-electron chi connectivity index (χ2n) is 8.56. The van der Waals surface area contributed by atoms with Crippen molar-refractivity contribution in [3.8, 4) is 22.9 Å². The maximum atomic E-state index is 13.1. The summed E-state index contributed by atoms with van der Waals surface area (Å²) in [6, 6.07) is 9.48. The van der Waals surface area contributed by atoms with Gasteiger partial charge in [0, 0.05) is 24.8 Å². The van der Waals surface area contributed by atoms with Crippen molar-refractivity contribution in [2.45, 2.75) is 26.3 Å². The predicted molar refractivity (Wildman–Crippen MR) is 126 cm³/mol. The summed E-state index contributed by atoms with van der Waals surface area (Å²) in [5.41, 5.74) is 3.65. The van der Waals surface area contributed by atoms with Gasteiger partial charge in [-0.3, -0.25) is 9.78 Å². The highest BCUT2D eigenvalue weighted by Crippen LogP contribution is 2.33. The molecule has 3 aromatic rings. The highest BCUT2D eigenvalue weighted by Gasteiger charge is 2.30. The van der Waals surface area contributed by atoms with Crippen molar-refractivity contribution >= 4 is 17.4 Å². The Balaban J connectivity index is 1.36. The average molecular weight is 446 g/mol. The summed E-state index contributed by atoms with van der Waals surface area (Å²) in [6.45, 7) is 4.76. The molecule has 1 amide bonds. The third-order valence-corrected chi connectivity index (χ3v) is 6.44. The molecule has 0 spiro atoms. The van der Waals surface area contributed by atoms with E-state index in [1.54, 1.807) is 31.5 Å². The molecule has 0 atom stereocenters. The smallest absolute Gasteiger partial charge is 0.260 e. The minimum atomic E-state index is -0.0594. The zero-order valence-corrected chi connectivity index (χ0v) is 19.1. The number of rotatable bonds is 5. The fraction of sp³-hybridized carbons (Fsp3) is 0.360. The molecule has 170 valence electrons. The lowest BCUT2D eigenvalue weighted by Crippen LogP contribution is -2.33. The molecule has 0 saturated carbocycles. The van der Waals surface area contributed by atoms with E-state index in [0.717, 1.165) is 47.5 Å². The number of anilines is 2. The number of carbonyl (C=O) groups is 1. The van der Waals surface area contributed by atoms with E-state index in [9.17, 15) is 4.79 Å². The van der Waals surface area contributed by atoms with Gasteiger partial charge in [0.05, 0.1) is 49.6 Å². The number of nitrogens with zero attached hydrogens (tertiary/aromatic N) is 5. The molecule has 0 unspecified atom stereocenters. The first-order valence-electron chi connectivity index (χ1n) is 11.2. The lowest BCUT2D eigenvalue weighted by Gasteiger charge is -2.31. The molecule has 0 bridgehead atoms. The molecule has 8 nitrogen and oxygen atoms in total. The van der Waals surface area contributed by atoms with E-state index in [1.807, 2.05) is 30.3 Å². The summed E-state index contributed by atoms with van der Waals surface area (Å²) in [7, 11) is 3.12. The van der Waals surface area contributed by atoms with Crippen molar-refractivity contribution in [2.75, 3.05) is 37.1 Å². The van der Waals surface area contributed by atoms with Crippen molar-refractivity contribution in [2.24, 2.45) is 5.92 Å². The van der Waals surface area contributed by atoms with Crippen molar-refractivity contribution < 1.29 is 14.3 Å². The Morgan fingerprint density at radius 2 is 1.82 bits per heavy atom. The first-order valence-corrected chi connectivity index (χ1v) is 11.2. The molecular formula is C25H27N5O3. The van der Waals surface area contributed by atoms with E-state index in [-0.39, 0.29) is 5.91 Å². The Morgan fingerprint density at radius 3 is 2.52 bits per heavy atom. The normalized spacial score (nSPS) is 16.2. The highest BCUT2D eigenvalue weighted by atomic mass is 16.5. The summed E-state index contributed by atoms with van der Waals surface area (Å²) in [4.78, 5) is 30.8. The maximum absolute atomic E-state index is 13.1. The van der Waals surface area contributed by atoms with Gasteiger partial charge in [0.2, 0.25) is 0 Å². The van der Waals surface area contributed by atoms with E-state index < -0.39 is 0 Å². The van der Waals surface area contributed by atoms with Crippen LogP contribution in [0.2, 0.25) is 0 Å². The number of fused-ring (bicyclic) bond motifs is 1. The molecular weight excluding hydrogens is 418 g/mol. The fourth-order valence-corrected chi connectivity index (χ4v) is 4.39. The topological polar surface area (TPSA) is 80.7 Å². The third-order valence-electron chi connectivity index (χ3n) is 6.44. The Hall–Kier alpha value is -3.68. The number of carbonyl (C=O) groups excluding carboxylic acids is 1. The standard InChI is InChI=1S/C25H27N5O3/c1-16-8-10-29(11-9-16)23-7-4-18(14-26-23)30-15-21-19(25(30)31)5-6-20(28-21)17-12-22(32-2)24(33-3)27-13-17/h4-7,12-14,16H,8-11,15H2,1-3H3. The molecule has 0 aromatic carbocycles. The second kappa shape index (κ2) is 8.69. The first kappa shape index (κ1) is 21.2. The molecule has 33 heavy (non-hydrogen) atoms.